The van der Waals surface area contributed by atoms with Gasteiger partial charge in [0.2, 0.25) is 0 Å². The molecule has 0 amide bonds. The van der Waals surface area contributed by atoms with Crippen molar-refractivity contribution in [3.8, 4) is 6.07 Å². The Kier molecular flexibility index (Phi) is 2.16. The van der Waals surface area contributed by atoms with Gasteiger partial charge in [-0.05, 0) is 12.2 Å². The van der Waals surface area contributed by atoms with Crippen LogP contribution in [0.5, 0.6) is 0 Å². The standard InChI is InChI=1S/C7H5N3/c8-6-7-4-2-1-3-5-9-10-7/h1-5H/b2-1-,3-1?,4-2?,5-3-,7-4-,9-5?,10-7?,10-9-. The van der Waals surface area contributed by atoms with E-state index in [1.165, 1.54) is 6.20 Å². The molecule has 10 heavy (non-hydrogen) atoms. The summed E-state index contributed by atoms with van der Waals surface area (Å²) in [6, 6.07) is 1.89. The number of nitriles is 1. The molecule has 0 aromatic rings. The molecule has 0 unspecified atom stereocenters. The third-order valence-electron chi connectivity index (χ3n) is 0.909. The molecule has 0 saturated carbocycles. The number of rotatable bonds is 0. The summed E-state index contributed by atoms with van der Waals surface area (Å²) in [5.41, 5.74) is 0.320. The minimum absolute atomic E-state index is 0.320. The molecule has 0 aliphatic carbocycles. The molecule has 48 valence electrons. The normalized spacial score (nSPS) is 30.1. The second kappa shape index (κ2) is 3.36. The zero-order valence-corrected chi connectivity index (χ0v) is 5.23. The second-order valence-electron chi connectivity index (χ2n) is 1.61. The van der Waals surface area contributed by atoms with Crippen molar-refractivity contribution in [2.24, 2.45) is 10.2 Å². The van der Waals surface area contributed by atoms with Gasteiger partial charge in [0.15, 0.2) is 5.70 Å². The molecule has 0 spiro atoms. The van der Waals surface area contributed by atoms with Crippen molar-refractivity contribution in [1.29, 1.82) is 5.26 Å². The molecule has 0 atom stereocenters. The van der Waals surface area contributed by atoms with E-state index in [0.717, 1.165) is 0 Å². The lowest BCUT2D eigenvalue weighted by Crippen LogP contribution is -1.69. The molecule has 0 saturated heterocycles. The minimum Gasteiger partial charge on any atom is -0.191 e. The first-order valence-electron chi connectivity index (χ1n) is 2.78. The third kappa shape index (κ3) is 1.67. The molecule has 3 heteroatoms. The molecule has 0 N–H and O–H groups in total. The Bertz CT molecular complexity index is 263. The van der Waals surface area contributed by atoms with E-state index >= 15 is 0 Å². The van der Waals surface area contributed by atoms with Gasteiger partial charge in [-0.1, -0.05) is 12.2 Å². The van der Waals surface area contributed by atoms with Crippen molar-refractivity contribution in [3.63, 3.8) is 0 Å². The summed E-state index contributed by atoms with van der Waals surface area (Å²) in [6.07, 6.45) is 8.41. The molecule has 0 aromatic carbocycles. The number of hydrogen-bond acceptors (Lipinski definition) is 3. The summed E-state index contributed by atoms with van der Waals surface area (Å²) in [5.74, 6) is 0. The predicted octanol–water partition coefficient (Wildman–Crippen LogP) is 1.93. The second-order valence-corrected chi connectivity index (χ2v) is 1.61. The van der Waals surface area contributed by atoms with Crippen LogP contribution in [-0.4, -0.2) is 0 Å². The van der Waals surface area contributed by atoms with Gasteiger partial charge < -0.3 is 0 Å². The molecule has 0 radical (unpaired) electrons. The summed E-state index contributed by atoms with van der Waals surface area (Å²) in [6.45, 7) is 0. The van der Waals surface area contributed by atoms with Crippen LogP contribution in [0.2, 0.25) is 0 Å². The quantitative estimate of drug-likeness (QED) is 0.495. The van der Waals surface area contributed by atoms with Gasteiger partial charge >= 0.3 is 0 Å². The highest BCUT2D eigenvalue weighted by molar-refractivity contribution is 5.26. The SMILES string of the molecule is N#CC1=C/C=C\C=C/N=N\1. The minimum atomic E-state index is 0.320. The fourth-order valence-electron chi connectivity index (χ4n) is 0.488. The lowest BCUT2D eigenvalue weighted by molar-refractivity contribution is 1.16. The fraction of sp³-hybridized carbons (Fsp3) is 0. The van der Waals surface area contributed by atoms with Gasteiger partial charge in [0.05, 0.1) is 0 Å². The maximum atomic E-state index is 8.38. The molecule has 1 heterocycles. The van der Waals surface area contributed by atoms with Gasteiger partial charge in [-0.3, -0.25) is 0 Å². The van der Waals surface area contributed by atoms with E-state index in [-0.39, 0.29) is 0 Å². The monoisotopic (exact) mass is 131 g/mol. The zero-order chi connectivity index (χ0) is 7.23. The maximum Gasteiger partial charge on any atom is 0.163 e. The first-order chi connectivity index (χ1) is 4.93. The summed E-state index contributed by atoms with van der Waals surface area (Å²) in [5, 5.41) is 15.6. The highest BCUT2D eigenvalue weighted by atomic mass is 15.1. The largest absolute Gasteiger partial charge is 0.191 e. The summed E-state index contributed by atoms with van der Waals surface area (Å²) in [4.78, 5) is 0. The Hall–Kier alpha value is -1.69. The molecule has 0 aromatic heterocycles. The van der Waals surface area contributed by atoms with Gasteiger partial charge in [-0.15, -0.1) is 5.11 Å². The number of azo groups is 1. The smallest absolute Gasteiger partial charge is 0.163 e. The summed E-state index contributed by atoms with van der Waals surface area (Å²) < 4.78 is 0. The molecular weight excluding hydrogens is 126 g/mol. The molecule has 1 aliphatic rings. The fourth-order valence-corrected chi connectivity index (χ4v) is 0.488. The van der Waals surface area contributed by atoms with Crippen molar-refractivity contribution in [2.45, 2.75) is 0 Å². The van der Waals surface area contributed by atoms with Crippen LogP contribution in [0.4, 0.5) is 0 Å². The highest BCUT2D eigenvalue weighted by Gasteiger charge is 1.86. The van der Waals surface area contributed by atoms with Crippen LogP contribution in [0.15, 0.2) is 46.4 Å². The van der Waals surface area contributed by atoms with E-state index in [2.05, 4.69) is 10.2 Å². The van der Waals surface area contributed by atoms with E-state index in [1.54, 1.807) is 24.3 Å². The van der Waals surface area contributed by atoms with Crippen molar-refractivity contribution >= 4 is 0 Å². The van der Waals surface area contributed by atoms with Crippen LogP contribution in [0.1, 0.15) is 0 Å². The molecule has 1 rings (SSSR count). The molecule has 3 nitrogen and oxygen atoms in total. The van der Waals surface area contributed by atoms with Crippen LogP contribution in [0.25, 0.3) is 0 Å². The summed E-state index contributed by atoms with van der Waals surface area (Å²) >= 11 is 0. The predicted molar refractivity (Wildman–Crippen MR) is 36.8 cm³/mol. The Labute approximate surface area is 58.7 Å². The summed E-state index contributed by atoms with van der Waals surface area (Å²) in [7, 11) is 0. The van der Waals surface area contributed by atoms with E-state index < -0.39 is 0 Å². The lowest BCUT2D eigenvalue weighted by Gasteiger charge is -1.83. The van der Waals surface area contributed by atoms with Gasteiger partial charge in [-0.2, -0.15) is 10.4 Å². The average molecular weight is 131 g/mol. The van der Waals surface area contributed by atoms with Crippen LogP contribution >= 0.6 is 0 Å². The Morgan fingerprint density at radius 3 is 3.00 bits per heavy atom. The van der Waals surface area contributed by atoms with Gasteiger partial charge in [0, 0.05) is 6.20 Å². The van der Waals surface area contributed by atoms with Crippen LogP contribution in [0, 0.1) is 11.3 Å². The van der Waals surface area contributed by atoms with E-state index in [1.807, 2.05) is 6.07 Å². The van der Waals surface area contributed by atoms with Crippen molar-refractivity contribution in [3.05, 3.63) is 36.2 Å². The average Bonchev–Trinajstić information content (AvgIpc) is 1.87. The van der Waals surface area contributed by atoms with Crippen LogP contribution in [-0.2, 0) is 0 Å². The topological polar surface area (TPSA) is 48.5 Å². The molecular formula is C7H5N3. The first kappa shape index (κ1) is 6.43. The lowest BCUT2D eigenvalue weighted by atomic mass is 10.4. The van der Waals surface area contributed by atoms with Crippen molar-refractivity contribution in [2.75, 3.05) is 0 Å². The zero-order valence-electron chi connectivity index (χ0n) is 5.23. The van der Waals surface area contributed by atoms with Crippen molar-refractivity contribution in [1.82, 2.24) is 0 Å². The molecule has 0 fully saturated rings. The van der Waals surface area contributed by atoms with E-state index in [9.17, 15) is 0 Å². The van der Waals surface area contributed by atoms with Gasteiger partial charge in [-0.25, -0.2) is 0 Å². The van der Waals surface area contributed by atoms with Crippen molar-refractivity contribution < 1.29 is 0 Å². The number of hydrogen-bond donors (Lipinski definition) is 0. The first-order valence-corrected chi connectivity index (χ1v) is 2.78. The van der Waals surface area contributed by atoms with Gasteiger partial charge in [0.25, 0.3) is 0 Å². The van der Waals surface area contributed by atoms with E-state index in [4.69, 9.17) is 5.26 Å². The Balaban J connectivity index is 2.86. The van der Waals surface area contributed by atoms with Crippen LogP contribution < -0.4 is 0 Å². The number of nitrogens with zero attached hydrogens (tertiary/aromatic N) is 3. The van der Waals surface area contributed by atoms with Crippen LogP contribution in [0.3, 0.4) is 0 Å². The Morgan fingerprint density at radius 2 is 2.20 bits per heavy atom. The maximum absolute atomic E-state index is 8.38. The third-order valence-corrected chi connectivity index (χ3v) is 0.909. The highest BCUT2D eigenvalue weighted by Crippen LogP contribution is 1.99. The molecule has 1 aliphatic heterocycles. The Morgan fingerprint density at radius 1 is 1.30 bits per heavy atom. The van der Waals surface area contributed by atoms with E-state index in [0.29, 0.717) is 5.70 Å². The molecule has 0 bridgehead atoms. The number of allylic oxidation sites excluding steroid dienone is 5. The van der Waals surface area contributed by atoms with Gasteiger partial charge in [0.1, 0.15) is 6.07 Å².